The van der Waals surface area contributed by atoms with E-state index in [4.69, 9.17) is 10.5 Å². The molecule has 1 aromatic carbocycles. The molecule has 0 radical (unpaired) electrons. The summed E-state index contributed by atoms with van der Waals surface area (Å²) in [6.45, 7) is 5.22. The van der Waals surface area contributed by atoms with E-state index >= 15 is 0 Å². The Balaban J connectivity index is 2.83. The number of hydrogen-bond acceptors (Lipinski definition) is 3. The van der Waals surface area contributed by atoms with E-state index in [2.05, 4.69) is 0 Å². The number of nitrogens with two attached hydrogens (primary N) is 1. The second-order valence-electron chi connectivity index (χ2n) is 4.71. The molecule has 0 bridgehead atoms. The van der Waals surface area contributed by atoms with Gasteiger partial charge in [-0.2, -0.15) is 0 Å². The Bertz CT molecular complexity index is 418. The van der Waals surface area contributed by atoms with Crippen LogP contribution in [0.5, 0.6) is 5.75 Å². The van der Waals surface area contributed by atoms with Crippen LogP contribution in [-0.2, 0) is 0 Å². The lowest BCUT2D eigenvalue weighted by atomic mass is 10.1. The maximum Gasteiger partial charge on any atom is 0.253 e. The number of rotatable bonds is 5. The first-order valence-electron chi connectivity index (χ1n) is 6.09. The predicted molar refractivity (Wildman–Crippen MR) is 72.9 cm³/mol. The Morgan fingerprint density at radius 1 is 1.50 bits per heavy atom. The molecule has 0 saturated carbocycles. The van der Waals surface area contributed by atoms with Crippen LogP contribution in [0, 0.1) is 12.8 Å². The highest BCUT2D eigenvalue weighted by molar-refractivity contribution is 5.94. The van der Waals surface area contributed by atoms with Crippen LogP contribution in [0.2, 0.25) is 0 Å². The smallest absolute Gasteiger partial charge is 0.253 e. The van der Waals surface area contributed by atoms with Gasteiger partial charge in [-0.3, -0.25) is 4.79 Å². The van der Waals surface area contributed by atoms with Crippen molar-refractivity contribution in [3.8, 4) is 5.75 Å². The second kappa shape index (κ2) is 6.40. The van der Waals surface area contributed by atoms with Gasteiger partial charge in [-0.1, -0.05) is 13.0 Å². The van der Waals surface area contributed by atoms with Gasteiger partial charge in [-0.15, -0.1) is 0 Å². The number of ether oxygens (including phenoxy) is 1. The van der Waals surface area contributed by atoms with E-state index in [1.165, 1.54) is 0 Å². The number of methoxy groups -OCH3 is 1. The first-order valence-corrected chi connectivity index (χ1v) is 6.09. The van der Waals surface area contributed by atoms with Gasteiger partial charge in [0.25, 0.3) is 5.91 Å². The van der Waals surface area contributed by atoms with Gasteiger partial charge < -0.3 is 15.4 Å². The third kappa shape index (κ3) is 3.47. The third-order valence-corrected chi connectivity index (χ3v) is 2.99. The van der Waals surface area contributed by atoms with Gasteiger partial charge in [-0.25, -0.2) is 0 Å². The molecule has 1 amide bonds. The first kappa shape index (κ1) is 14.5. The van der Waals surface area contributed by atoms with Crippen LogP contribution in [-0.4, -0.2) is 38.1 Å². The van der Waals surface area contributed by atoms with E-state index in [-0.39, 0.29) is 5.91 Å². The quantitative estimate of drug-likeness (QED) is 0.865. The van der Waals surface area contributed by atoms with E-state index in [0.717, 1.165) is 11.3 Å². The van der Waals surface area contributed by atoms with E-state index in [1.54, 1.807) is 25.1 Å². The summed E-state index contributed by atoms with van der Waals surface area (Å²) in [5.41, 5.74) is 7.23. The SMILES string of the molecule is COc1cc(C(=O)N(C)CC(C)CN)ccc1C. The lowest BCUT2D eigenvalue weighted by Crippen LogP contribution is -2.33. The van der Waals surface area contributed by atoms with Gasteiger partial charge in [0, 0.05) is 19.2 Å². The van der Waals surface area contributed by atoms with Gasteiger partial charge in [0.2, 0.25) is 0 Å². The van der Waals surface area contributed by atoms with Crippen molar-refractivity contribution in [2.24, 2.45) is 11.7 Å². The second-order valence-corrected chi connectivity index (χ2v) is 4.71. The Kier molecular flexibility index (Phi) is 5.16. The summed E-state index contributed by atoms with van der Waals surface area (Å²) in [5.74, 6) is 1.03. The molecule has 0 fully saturated rings. The Hall–Kier alpha value is -1.55. The number of nitrogens with zero attached hydrogens (tertiary/aromatic N) is 1. The number of hydrogen-bond donors (Lipinski definition) is 1. The fourth-order valence-corrected chi connectivity index (χ4v) is 1.80. The molecule has 0 heterocycles. The van der Waals surface area contributed by atoms with Crippen LogP contribution in [0.4, 0.5) is 0 Å². The summed E-state index contributed by atoms with van der Waals surface area (Å²) in [5, 5.41) is 0. The Labute approximate surface area is 109 Å². The molecule has 1 rings (SSSR count). The highest BCUT2D eigenvalue weighted by Gasteiger charge is 2.15. The van der Waals surface area contributed by atoms with E-state index in [9.17, 15) is 4.79 Å². The zero-order valence-corrected chi connectivity index (χ0v) is 11.6. The third-order valence-electron chi connectivity index (χ3n) is 2.99. The largest absolute Gasteiger partial charge is 0.496 e. The Morgan fingerprint density at radius 2 is 2.17 bits per heavy atom. The number of carbonyl (C=O) groups is 1. The Morgan fingerprint density at radius 3 is 2.72 bits per heavy atom. The monoisotopic (exact) mass is 250 g/mol. The maximum absolute atomic E-state index is 12.2. The minimum Gasteiger partial charge on any atom is -0.496 e. The predicted octanol–water partition coefficient (Wildman–Crippen LogP) is 1.67. The summed E-state index contributed by atoms with van der Waals surface area (Å²) in [7, 11) is 3.40. The molecular weight excluding hydrogens is 228 g/mol. The van der Waals surface area contributed by atoms with Crippen LogP contribution < -0.4 is 10.5 Å². The van der Waals surface area contributed by atoms with Crippen molar-refractivity contribution < 1.29 is 9.53 Å². The van der Waals surface area contributed by atoms with Crippen LogP contribution >= 0.6 is 0 Å². The van der Waals surface area contributed by atoms with Gasteiger partial charge >= 0.3 is 0 Å². The molecule has 100 valence electrons. The molecular formula is C14H22N2O2. The van der Waals surface area contributed by atoms with Gasteiger partial charge in [0.05, 0.1) is 7.11 Å². The molecule has 18 heavy (non-hydrogen) atoms. The topological polar surface area (TPSA) is 55.6 Å². The van der Waals surface area contributed by atoms with Crippen LogP contribution in [0.15, 0.2) is 18.2 Å². The lowest BCUT2D eigenvalue weighted by Gasteiger charge is -2.21. The molecule has 0 saturated heterocycles. The average Bonchev–Trinajstić information content (AvgIpc) is 2.38. The van der Waals surface area contributed by atoms with Crippen molar-refractivity contribution in [1.82, 2.24) is 4.90 Å². The highest BCUT2D eigenvalue weighted by Crippen LogP contribution is 2.19. The fourth-order valence-electron chi connectivity index (χ4n) is 1.80. The van der Waals surface area contributed by atoms with Crippen molar-refractivity contribution in [1.29, 1.82) is 0 Å². The zero-order chi connectivity index (χ0) is 13.7. The van der Waals surface area contributed by atoms with Gasteiger partial charge in [-0.05, 0) is 37.1 Å². The van der Waals surface area contributed by atoms with Gasteiger partial charge in [0.15, 0.2) is 0 Å². The summed E-state index contributed by atoms with van der Waals surface area (Å²) in [6, 6.07) is 5.50. The summed E-state index contributed by atoms with van der Waals surface area (Å²) in [6.07, 6.45) is 0. The molecule has 0 spiro atoms. The molecule has 0 aliphatic heterocycles. The molecule has 1 unspecified atom stereocenters. The minimum atomic E-state index is -0.00593. The van der Waals surface area contributed by atoms with Crippen molar-refractivity contribution in [3.05, 3.63) is 29.3 Å². The molecule has 1 atom stereocenters. The molecule has 4 nitrogen and oxygen atoms in total. The maximum atomic E-state index is 12.2. The molecule has 0 aromatic heterocycles. The average molecular weight is 250 g/mol. The molecule has 2 N–H and O–H groups in total. The molecule has 4 heteroatoms. The van der Waals surface area contributed by atoms with E-state index < -0.39 is 0 Å². The minimum absolute atomic E-state index is 0.00593. The van der Waals surface area contributed by atoms with Crippen LogP contribution in [0.1, 0.15) is 22.8 Å². The zero-order valence-electron chi connectivity index (χ0n) is 11.6. The summed E-state index contributed by atoms with van der Waals surface area (Å²) in [4.78, 5) is 13.9. The van der Waals surface area contributed by atoms with Crippen molar-refractivity contribution >= 4 is 5.91 Å². The standard InChI is InChI=1S/C14H22N2O2/c1-10(8-15)9-16(3)14(17)12-6-5-11(2)13(7-12)18-4/h5-7,10H,8-9,15H2,1-4H3. The fraction of sp³-hybridized carbons (Fsp3) is 0.500. The van der Waals surface area contributed by atoms with Crippen molar-refractivity contribution in [2.45, 2.75) is 13.8 Å². The number of carbonyl (C=O) groups excluding carboxylic acids is 1. The number of amides is 1. The number of benzene rings is 1. The summed E-state index contributed by atoms with van der Waals surface area (Å²) >= 11 is 0. The van der Waals surface area contributed by atoms with Crippen molar-refractivity contribution in [3.63, 3.8) is 0 Å². The van der Waals surface area contributed by atoms with Gasteiger partial charge in [0.1, 0.15) is 5.75 Å². The first-order chi connectivity index (χ1) is 8.49. The molecule has 1 aromatic rings. The molecule has 0 aliphatic carbocycles. The van der Waals surface area contributed by atoms with Crippen LogP contribution in [0.3, 0.4) is 0 Å². The lowest BCUT2D eigenvalue weighted by molar-refractivity contribution is 0.0777. The van der Waals surface area contributed by atoms with Crippen LogP contribution in [0.25, 0.3) is 0 Å². The summed E-state index contributed by atoms with van der Waals surface area (Å²) < 4.78 is 5.23. The van der Waals surface area contributed by atoms with Crippen molar-refractivity contribution in [2.75, 3.05) is 27.2 Å². The highest BCUT2D eigenvalue weighted by atomic mass is 16.5. The van der Waals surface area contributed by atoms with E-state index in [0.29, 0.717) is 24.6 Å². The normalized spacial score (nSPS) is 12.1. The number of aryl methyl sites for hydroxylation is 1. The van der Waals surface area contributed by atoms with E-state index in [1.807, 2.05) is 26.0 Å². The molecule has 0 aliphatic rings.